The monoisotopic (exact) mass is 370 g/mol. The van der Waals surface area contributed by atoms with Crippen molar-refractivity contribution >= 4 is 45.7 Å². The highest BCUT2D eigenvalue weighted by Crippen LogP contribution is 2.30. The molecule has 3 rings (SSSR count). The maximum atomic E-state index is 11.0. The molecule has 0 aliphatic heterocycles. The van der Waals surface area contributed by atoms with Crippen molar-refractivity contribution in [3.8, 4) is 11.3 Å². The summed E-state index contributed by atoms with van der Waals surface area (Å²) in [5.41, 5.74) is 3.06. The Morgan fingerprint density at radius 1 is 1.20 bits per heavy atom. The lowest BCUT2D eigenvalue weighted by atomic mass is 10.0. The number of fused-ring (bicyclic) bond motifs is 1. The third-order valence-electron chi connectivity index (χ3n) is 3.81. The summed E-state index contributed by atoms with van der Waals surface area (Å²) in [7, 11) is 1.66. The SMILES string of the molecule is CN(CC(=O)O)C(=S)c1cc(-c2ccccc2)nc2c(Cl)cccc12. The van der Waals surface area contributed by atoms with Crippen LogP contribution in [-0.4, -0.2) is 39.5 Å². The second kappa shape index (κ2) is 7.17. The largest absolute Gasteiger partial charge is 0.480 e. The van der Waals surface area contributed by atoms with Crippen LogP contribution >= 0.6 is 23.8 Å². The molecular weight excluding hydrogens is 356 g/mol. The zero-order valence-electron chi connectivity index (χ0n) is 13.4. The van der Waals surface area contributed by atoms with Crippen LogP contribution in [0.2, 0.25) is 5.02 Å². The Morgan fingerprint density at radius 3 is 2.60 bits per heavy atom. The van der Waals surface area contributed by atoms with Crippen LogP contribution in [0.15, 0.2) is 54.6 Å². The first-order valence-electron chi connectivity index (χ1n) is 7.59. The van der Waals surface area contributed by atoms with Crippen molar-refractivity contribution in [1.29, 1.82) is 0 Å². The number of para-hydroxylation sites is 1. The van der Waals surface area contributed by atoms with E-state index in [2.05, 4.69) is 4.98 Å². The molecule has 1 N–H and O–H groups in total. The van der Waals surface area contributed by atoms with Gasteiger partial charge in [0.2, 0.25) is 0 Å². The molecule has 6 heteroatoms. The fourth-order valence-electron chi connectivity index (χ4n) is 2.63. The Bertz CT molecular complexity index is 960. The molecular formula is C19H15ClN2O2S. The van der Waals surface area contributed by atoms with Crippen molar-refractivity contribution in [2.45, 2.75) is 0 Å². The number of carbonyl (C=O) groups is 1. The number of likely N-dealkylation sites (N-methyl/N-ethyl adjacent to an activating group) is 1. The van der Waals surface area contributed by atoms with Gasteiger partial charge in [0.05, 0.1) is 16.2 Å². The molecule has 0 atom stereocenters. The van der Waals surface area contributed by atoms with Gasteiger partial charge in [-0.15, -0.1) is 0 Å². The minimum Gasteiger partial charge on any atom is -0.480 e. The topological polar surface area (TPSA) is 53.4 Å². The van der Waals surface area contributed by atoms with Crippen LogP contribution in [0.4, 0.5) is 0 Å². The first-order chi connectivity index (χ1) is 12.0. The summed E-state index contributed by atoms with van der Waals surface area (Å²) in [6.07, 6.45) is 0. The van der Waals surface area contributed by atoms with Crippen molar-refractivity contribution in [3.63, 3.8) is 0 Å². The van der Waals surface area contributed by atoms with E-state index in [0.29, 0.717) is 15.5 Å². The molecule has 0 saturated carbocycles. The summed E-state index contributed by atoms with van der Waals surface area (Å²) in [6.45, 7) is -0.177. The molecule has 1 heterocycles. The molecule has 25 heavy (non-hydrogen) atoms. The minimum atomic E-state index is -0.940. The number of pyridine rings is 1. The van der Waals surface area contributed by atoms with Crippen LogP contribution in [0.3, 0.4) is 0 Å². The van der Waals surface area contributed by atoms with Crippen molar-refractivity contribution < 1.29 is 9.90 Å². The molecule has 0 aliphatic rings. The number of nitrogens with zero attached hydrogens (tertiary/aromatic N) is 2. The Balaban J connectivity index is 2.21. The molecule has 1 aromatic heterocycles. The summed E-state index contributed by atoms with van der Waals surface area (Å²) in [4.78, 5) is 17.7. The minimum absolute atomic E-state index is 0.177. The average molecular weight is 371 g/mol. The molecule has 126 valence electrons. The summed E-state index contributed by atoms with van der Waals surface area (Å²) in [5.74, 6) is -0.940. The van der Waals surface area contributed by atoms with Gasteiger partial charge in [0.1, 0.15) is 11.5 Å². The van der Waals surface area contributed by atoms with Crippen molar-refractivity contribution in [3.05, 3.63) is 65.2 Å². The molecule has 2 aromatic carbocycles. The summed E-state index contributed by atoms with van der Waals surface area (Å²) >= 11 is 11.9. The van der Waals surface area contributed by atoms with E-state index in [4.69, 9.17) is 28.9 Å². The van der Waals surface area contributed by atoms with Gasteiger partial charge in [-0.3, -0.25) is 4.79 Å². The van der Waals surface area contributed by atoms with E-state index in [-0.39, 0.29) is 6.54 Å². The second-order valence-corrected chi connectivity index (χ2v) is 6.41. The number of aromatic nitrogens is 1. The number of halogens is 1. The maximum absolute atomic E-state index is 11.0. The van der Waals surface area contributed by atoms with E-state index >= 15 is 0 Å². The molecule has 4 nitrogen and oxygen atoms in total. The zero-order valence-corrected chi connectivity index (χ0v) is 15.0. The highest BCUT2D eigenvalue weighted by Gasteiger charge is 2.17. The summed E-state index contributed by atoms with van der Waals surface area (Å²) in [6, 6.07) is 17.1. The molecule has 0 unspecified atom stereocenters. The van der Waals surface area contributed by atoms with E-state index < -0.39 is 5.97 Å². The summed E-state index contributed by atoms with van der Waals surface area (Å²) < 4.78 is 0. The smallest absolute Gasteiger partial charge is 0.323 e. The fourth-order valence-corrected chi connectivity index (χ4v) is 3.08. The number of benzene rings is 2. The summed E-state index contributed by atoms with van der Waals surface area (Å²) in [5, 5.41) is 10.4. The number of carboxylic acid groups (broad SMARTS) is 1. The molecule has 0 fully saturated rings. The van der Waals surface area contributed by atoms with Gasteiger partial charge in [-0.25, -0.2) is 4.98 Å². The van der Waals surface area contributed by atoms with Crippen LogP contribution in [0.25, 0.3) is 22.2 Å². The van der Waals surface area contributed by atoms with Crippen LogP contribution in [0, 0.1) is 0 Å². The highest BCUT2D eigenvalue weighted by molar-refractivity contribution is 7.80. The zero-order chi connectivity index (χ0) is 18.0. The maximum Gasteiger partial charge on any atom is 0.323 e. The van der Waals surface area contributed by atoms with Gasteiger partial charge >= 0.3 is 5.97 Å². The third kappa shape index (κ3) is 3.62. The fraction of sp³-hybridized carbons (Fsp3) is 0.105. The van der Waals surface area contributed by atoms with E-state index in [1.165, 1.54) is 4.90 Å². The normalized spacial score (nSPS) is 10.6. The average Bonchev–Trinajstić information content (AvgIpc) is 2.61. The number of carboxylic acids is 1. The van der Waals surface area contributed by atoms with E-state index in [0.717, 1.165) is 22.2 Å². The van der Waals surface area contributed by atoms with Crippen molar-refractivity contribution in [2.24, 2.45) is 0 Å². The molecule has 0 amide bonds. The first-order valence-corrected chi connectivity index (χ1v) is 8.38. The van der Waals surface area contributed by atoms with Gasteiger partial charge in [-0.1, -0.05) is 66.3 Å². The molecule has 0 radical (unpaired) electrons. The predicted molar refractivity (Wildman–Crippen MR) is 104 cm³/mol. The van der Waals surface area contributed by atoms with Crippen LogP contribution < -0.4 is 0 Å². The molecule has 3 aromatic rings. The van der Waals surface area contributed by atoms with Gasteiger partial charge < -0.3 is 10.0 Å². The lowest BCUT2D eigenvalue weighted by molar-refractivity contribution is -0.137. The predicted octanol–water partition coefficient (Wildman–Crippen LogP) is 4.25. The Kier molecular flexibility index (Phi) is 4.97. The Hall–Kier alpha value is -2.50. The van der Waals surface area contributed by atoms with Gasteiger partial charge in [-0.05, 0) is 12.1 Å². The Labute approximate surface area is 155 Å². The molecule has 0 aliphatic carbocycles. The standard InChI is InChI=1S/C19H15ClN2O2S/c1-22(11-17(23)24)19(25)14-10-16(12-6-3-2-4-7-12)21-18-13(14)8-5-9-15(18)20/h2-10H,11H2,1H3,(H,23,24). The lowest BCUT2D eigenvalue weighted by Crippen LogP contribution is -2.31. The number of hydrogen-bond donors (Lipinski definition) is 1. The van der Waals surface area contributed by atoms with E-state index in [9.17, 15) is 4.79 Å². The van der Waals surface area contributed by atoms with E-state index in [1.807, 2.05) is 48.5 Å². The van der Waals surface area contributed by atoms with Gasteiger partial charge in [-0.2, -0.15) is 0 Å². The number of thiocarbonyl (C=S) groups is 1. The number of rotatable bonds is 4. The first kappa shape index (κ1) is 17.3. The van der Waals surface area contributed by atoms with Crippen LogP contribution in [-0.2, 0) is 4.79 Å². The number of hydrogen-bond acceptors (Lipinski definition) is 3. The Morgan fingerprint density at radius 2 is 1.92 bits per heavy atom. The lowest BCUT2D eigenvalue weighted by Gasteiger charge is -2.20. The van der Waals surface area contributed by atoms with E-state index in [1.54, 1.807) is 13.1 Å². The van der Waals surface area contributed by atoms with Crippen LogP contribution in [0.5, 0.6) is 0 Å². The van der Waals surface area contributed by atoms with Gasteiger partial charge in [0.15, 0.2) is 0 Å². The quantitative estimate of drug-likeness (QED) is 0.696. The highest BCUT2D eigenvalue weighted by atomic mass is 35.5. The third-order valence-corrected chi connectivity index (χ3v) is 4.65. The second-order valence-electron chi connectivity index (χ2n) is 5.61. The van der Waals surface area contributed by atoms with Crippen LogP contribution in [0.1, 0.15) is 5.56 Å². The number of aliphatic carboxylic acids is 1. The van der Waals surface area contributed by atoms with Gasteiger partial charge in [0.25, 0.3) is 0 Å². The molecule has 0 spiro atoms. The van der Waals surface area contributed by atoms with Gasteiger partial charge in [0, 0.05) is 23.6 Å². The molecule has 0 saturated heterocycles. The van der Waals surface area contributed by atoms with Crippen molar-refractivity contribution in [2.75, 3.05) is 13.6 Å². The molecule has 0 bridgehead atoms. The van der Waals surface area contributed by atoms with Crippen molar-refractivity contribution in [1.82, 2.24) is 9.88 Å².